The van der Waals surface area contributed by atoms with E-state index < -0.39 is 0 Å². The van der Waals surface area contributed by atoms with Crippen molar-refractivity contribution in [1.29, 1.82) is 5.41 Å². The van der Waals surface area contributed by atoms with E-state index in [2.05, 4.69) is 11.7 Å². The number of hydrogen-bond donors (Lipinski definition) is 1. The van der Waals surface area contributed by atoms with Crippen LogP contribution in [0, 0.1) is 5.41 Å². The second kappa shape index (κ2) is 6.31. The maximum Gasteiger partial charge on any atom is 0.0702 e. The third-order valence-electron chi connectivity index (χ3n) is 2.46. The van der Waals surface area contributed by atoms with E-state index in [9.17, 15) is 0 Å². The van der Waals surface area contributed by atoms with E-state index in [1.165, 1.54) is 0 Å². The minimum Gasteiger partial charge on any atom is -0.300 e. The lowest BCUT2D eigenvalue weighted by atomic mass is 9.99. The van der Waals surface area contributed by atoms with Gasteiger partial charge in [0.25, 0.3) is 0 Å². The highest BCUT2D eigenvalue weighted by Crippen LogP contribution is 2.18. The molecule has 2 nitrogen and oxygen atoms in total. The molecule has 0 aliphatic rings. The van der Waals surface area contributed by atoms with Gasteiger partial charge in [-0.3, -0.25) is 10.4 Å². The van der Waals surface area contributed by atoms with Crippen molar-refractivity contribution in [2.75, 3.05) is 0 Å². The second-order valence-corrected chi connectivity index (χ2v) is 4.70. The van der Waals surface area contributed by atoms with E-state index in [0.717, 1.165) is 22.4 Å². The van der Waals surface area contributed by atoms with Crippen LogP contribution in [0.15, 0.2) is 52.2 Å². The molecular formula is C15H17ClN2. The first-order valence-corrected chi connectivity index (χ1v) is 6.01. The summed E-state index contributed by atoms with van der Waals surface area (Å²) in [5, 5.41) is 8.92. The molecule has 0 amide bonds. The Balaban J connectivity index is 3.24. The van der Waals surface area contributed by atoms with Crippen molar-refractivity contribution >= 4 is 24.0 Å². The van der Waals surface area contributed by atoms with E-state index in [0.29, 0.717) is 10.7 Å². The lowest BCUT2D eigenvalue weighted by Crippen LogP contribution is -2.04. The van der Waals surface area contributed by atoms with E-state index in [4.69, 9.17) is 17.0 Å². The zero-order valence-electron chi connectivity index (χ0n) is 10.9. The number of rotatable bonds is 4. The highest BCUT2D eigenvalue weighted by atomic mass is 35.5. The number of aliphatic imine (C=N–C) groups is 1. The SMILES string of the molecule is C=N/C(C)=C(/C=C(C)C)C(=N)c1ccc(Cl)cc1. The predicted molar refractivity (Wildman–Crippen MR) is 80.0 cm³/mol. The molecule has 0 radical (unpaired) electrons. The Labute approximate surface area is 113 Å². The Morgan fingerprint density at radius 1 is 1.22 bits per heavy atom. The fourth-order valence-electron chi connectivity index (χ4n) is 1.50. The fourth-order valence-corrected chi connectivity index (χ4v) is 1.63. The number of nitrogens with zero attached hydrogens (tertiary/aromatic N) is 1. The van der Waals surface area contributed by atoms with Gasteiger partial charge in [-0.25, -0.2) is 0 Å². The van der Waals surface area contributed by atoms with Crippen molar-refractivity contribution < 1.29 is 0 Å². The molecule has 0 atom stereocenters. The summed E-state index contributed by atoms with van der Waals surface area (Å²) in [6, 6.07) is 7.23. The summed E-state index contributed by atoms with van der Waals surface area (Å²) in [6.45, 7) is 9.36. The summed E-state index contributed by atoms with van der Waals surface area (Å²) in [7, 11) is 0. The summed E-state index contributed by atoms with van der Waals surface area (Å²) in [5.41, 5.74) is 3.89. The Morgan fingerprint density at radius 3 is 2.22 bits per heavy atom. The van der Waals surface area contributed by atoms with Crippen molar-refractivity contribution in [2.45, 2.75) is 20.8 Å². The topological polar surface area (TPSA) is 36.2 Å². The smallest absolute Gasteiger partial charge is 0.0702 e. The van der Waals surface area contributed by atoms with Crippen LogP contribution in [-0.2, 0) is 0 Å². The number of benzene rings is 1. The van der Waals surface area contributed by atoms with Crippen LogP contribution in [0.25, 0.3) is 0 Å². The van der Waals surface area contributed by atoms with Gasteiger partial charge in [0.05, 0.1) is 5.71 Å². The quantitative estimate of drug-likeness (QED) is 0.604. The molecule has 0 fully saturated rings. The summed E-state index contributed by atoms with van der Waals surface area (Å²) < 4.78 is 0. The van der Waals surface area contributed by atoms with Crippen LogP contribution in [0.2, 0.25) is 5.02 Å². The lowest BCUT2D eigenvalue weighted by molar-refractivity contribution is 1.27. The van der Waals surface area contributed by atoms with Crippen LogP contribution >= 0.6 is 11.6 Å². The number of halogens is 1. The molecule has 94 valence electrons. The van der Waals surface area contributed by atoms with Crippen LogP contribution < -0.4 is 0 Å². The standard InChI is InChI=1S/C15H17ClN2/c1-10(2)9-14(11(3)18-4)15(17)12-5-7-13(16)8-6-12/h5-9,17H,4H2,1-3H3/b14-11-,17-15?. The van der Waals surface area contributed by atoms with Gasteiger partial charge in [-0.15, -0.1) is 0 Å². The molecule has 0 saturated carbocycles. The highest BCUT2D eigenvalue weighted by molar-refractivity contribution is 6.30. The van der Waals surface area contributed by atoms with Gasteiger partial charge in [0.15, 0.2) is 0 Å². The van der Waals surface area contributed by atoms with Crippen molar-refractivity contribution in [3.63, 3.8) is 0 Å². The molecule has 0 bridgehead atoms. The molecule has 0 aliphatic carbocycles. The maximum absolute atomic E-state index is 8.25. The molecule has 0 heterocycles. The largest absolute Gasteiger partial charge is 0.300 e. The van der Waals surface area contributed by atoms with Gasteiger partial charge < -0.3 is 0 Å². The first-order chi connectivity index (χ1) is 8.45. The fraction of sp³-hybridized carbons (Fsp3) is 0.200. The van der Waals surface area contributed by atoms with Crippen molar-refractivity contribution in [2.24, 2.45) is 4.99 Å². The average Bonchev–Trinajstić information content (AvgIpc) is 2.35. The molecule has 1 N–H and O–H groups in total. The molecule has 0 aromatic heterocycles. The molecule has 3 heteroatoms. The Kier molecular flexibility index (Phi) is 5.05. The molecule has 0 spiro atoms. The van der Waals surface area contributed by atoms with Gasteiger partial charge in [-0.05, 0) is 39.6 Å². The summed E-state index contributed by atoms with van der Waals surface area (Å²) in [5.74, 6) is 0. The van der Waals surface area contributed by atoms with Crippen molar-refractivity contribution in [1.82, 2.24) is 0 Å². The molecule has 1 aromatic carbocycles. The molecule has 0 unspecified atom stereocenters. The molecule has 1 aromatic rings. The van der Waals surface area contributed by atoms with Gasteiger partial charge in [0, 0.05) is 21.9 Å². The second-order valence-electron chi connectivity index (χ2n) is 4.26. The van der Waals surface area contributed by atoms with Gasteiger partial charge in [0.1, 0.15) is 0 Å². The molecular weight excluding hydrogens is 244 g/mol. The van der Waals surface area contributed by atoms with Crippen LogP contribution in [0.5, 0.6) is 0 Å². The highest BCUT2D eigenvalue weighted by Gasteiger charge is 2.09. The van der Waals surface area contributed by atoms with E-state index in [1.54, 1.807) is 12.1 Å². The Morgan fingerprint density at radius 2 is 1.78 bits per heavy atom. The molecule has 0 aliphatic heterocycles. The van der Waals surface area contributed by atoms with Crippen LogP contribution in [-0.4, -0.2) is 12.4 Å². The zero-order chi connectivity index (χ0) is 13.7. The zero-order valence-corrected chi connectivity index (χ0v) is 11.7. The monoisotopic (exact) mass is 260 g/mol. The number of hydrogen-bond acceptors (Lipinski definition) is 2. The first-order valence-electron chi connectivity index (χ1n) is 5.63. The van der Waals surface area contributed by atoms with E-state index >= 15 is 0 Å². The van der Waals surface area contributed by atoms with E-state index in [-0.39, 0.29) is 0 Å². The van der Waals surface area contributed by atoms with Crippen LogP contribution in [0.4, 0.5) is 0 Å². The normalized spacial score (nSPS) is 11.6. The Hall–Kier alpha value is -1.67. The maximum atomic E-state index is 8.25. The minimum atomic E-state index is 0.428. The van der Waals surface area contributed by atoms with Gasteiger partial charge >= 0.3 is 0 Å². The van der Waals surface area contributed by atoms with Gasteiger partial charge in [-0.1, -0.05) is 35.4 Å². The average molecular weight is 261 g/mol. The summed E-state index contributed by atoms with van der Waals surface area (Å²) in [4.78, 5) is 3.92. The number of allylic oxidation sites excluding steroid dienone is 4. The predicted octanol–water partition coefficient (Wildman–Crippen LogP) is 4.65. The molecule has 18 heavy (non-hydrogen) atoms. The van der Waals surface area contributed by atoms with Crippen molar-refractivity contribution in [3.05, 3.63) is 57.8 Å². The lowest BCUT2D eigenvalue weighted by Gasteiger charge is -2.08. The summed E-state index contributed by atoms with van der Waals surface area (Å²) >= 11 is 5.85. The summed E-state index contributed by atoms with van der Waals surface area (Å²) in [6.07, 6.45) is 1.95. The third-order valence-corrected chi connectivity index (χ3v) is 2.71. The van der Waals surface area contributed by atoms with Crippen molar-refractivity contribution in [3.8, 4) is 0 Å². The molecule has 0 saturated heterocycles. The minimum absolute atomic E-state index is 0.428. The van der Waals surface area contributed by atoms with Gasteiger partial charge in [-0.2, -0.15) is 0 Å². The van der Waals surface area contributed by atoms with Gasteiger partial charge in [0.2, 0.25) is 0 Å². The third kappa shape index (κ3) is 3.67. The Bertz CT molecular complexity index is 518. The number of nitrogens with one attached hydrogen (secondary N) is 1. The van der Waals surface area contributed by atoms with Crippen LogP contribution in [0.1, 0.15) is 26.3 Å². The molecule has 1 rings (SSSR count). The first kappa shape index (κ1) is 14.4. The van der Waals surface area contributed by atoms with Crippen LogP contribution in [0.3, 0.4) is 0 Å². The van der Waals surface area contributed by atoms with E-state index in [1.807, 2.05) is 39.0 Å².